The van der Waals surface area contributed by atoms with E-state index in [1.54, 1.807) is 0 Å². The van der Waals surface area contributed by atoms with Crippen LogP contribution in [0.3, 0.4) is 0 Å². The minimum absolute atomic E-state index is 0. The number of carbonyl (C=O) groups excluding carboxylic acids is 1. The molecule has 0 N–H and O–H groups in total. The van der Waals surface area contributed by atoms with Crippen LogP contribution in [0.1, 0.15) is 231 Å². The molecule has 9 fully saturated rings. The first-order valence-corrected chi connectivity index (χ1v) is 28.2. The molecule has 9 aliphatic rings. The van der Waals surface area contributed by atoms with Gasteiger partial charge in [0.25, 0.3) is 0 Å². The van der Waals surface area contributed by atoms with Crippen LogP contribution in [0.4, 0.5) is 0 Å². The zero-order valence-electron chi connectivity index (χ0n) is 37.1. The van der Waals surface area contributed by atoms with Crippen LogP contribution >= 0.6 is 25.8 Å². The van der Waals surface area contributed by atoms with Crippen LogP contribution in [0.25, 0.3) is 0 Å². The predicted octanol–water partition coefficient (Wildman–Crippen LogP) is 15.1. The summed E-state index contributed by atoms with van der Waals surface area (Å²) in [5, 5.41) is 0. The van der Waals surface area contributed by atoms with Gasteiger partial charge in [0, 0.05) is 16.5 Å². The summed E-state index contributed by atoms with van der Waals surface area (Å²) in [5.74, 6) is 0. The Kier molecular flexibility index (Phi) is 27.0. The summed E-state index contributed by atoms with van der Waals surface area (Å²) in [6.45, 7) is 2.00. The molecular formula is C46H83NiO10P3. The first kappa shape index (κ1) is 52.1. The maximum absolute atomic E-state index is 8.00. The summed E-state index contributed by atoms with van der Waals surface area (Å²) < 4.78 is 55.4. The van der Waals surface area contributed by atoms with Gasteiger partial charge in [-0.2, -0.15) is 0 Å². The van der Waals surface area contributed by atoms with Crippen molar-refractivity contribution in [2.45, 2.75) is 286 Å². The zero-order valence-corrected chi connectivity index (χ0v) is 40.8. The normalized spacial score (nSPS) is 25.7. The van der Waals surface area contributed by atoms with Crippen LogP contribution in [-0.4, -0.2) is 61.7 Å². The van der Waals surface area contributed by atoms with E-state index in [1.165, 1.54) is 231 Å². The molecule has 14 heteroatoms. The van der Waals surface area contributed by atoms with Gasteiger partial charge in [-0.3, -0.25) is 0 Å². The molecule has 0 amide bonds. The monoisotopic (exact) mass is 946 g/mol. The van der Waals surface area contributed by atoms with Gasteiger partial charge in [0.15, 0.2) is 0 Å². The topological polar surface area (TPSA) is 100 Å². The molecule has 0 aliphatic heterocycles. The maximum Gasteiger partial charge on any atom is 0.333 e. The molecule has 0 bridgehead atoms. The molecular weight excluding hydrogens is 864 g/mol. The molecule has 0 unspecified atom stereocenters. The third-order valence-corrected chi connectivity index (χ3v) is 18.1. The fourth-order valence-corrected chi connectivity index (χ4v) is 14.8. The van der Waals surface area contributed by atoms with E-state index < -0.39 is 25.8 Å². The van der Waals surface area contributed by atoms with Gasteiger partial charge in [0.1, 0.15) is 6.79 Å². The number of hydrogen-bond donors (Lipinski definition) is 0. The van der Waals surface area contributed by atoms with E-state index in [1.807, 2.05) is 6.79 Å². The van der Waals surface area contributed by atoms with E-state index in [9.17, 15) is 0 Å². The fraction of sp³-hybridized carbons (Fsp3) is 0.978. The molecule has 0 aromatic rings. The SMILES string of the molecule is C1CCC(OP(OC2CCCC2)OC2CCCC2)C1.C1CCC(OP(OC2CCCC2)OC2CCCC2)C1.C1CCC(OP(OC2CCCC2)OC2CCCC2)C1.C=O.[Ni]. The van der Waals surface area contributed by atoms with Crippen molar-refractivity contribution in [1.82, 2.24) is 0 Å². The molecule has 9 rings (SSSR count). The van der Waals surface area contributed by atoms with E-state index in [0.717, 1.165) is 0 Å². The first-order chi connectivity index (χ1) is 29.2. The molecule has 0 aromatic heterocycles. The smallest absolute Gasteiger partial charge is 0.309 e. The predicted molar refractivity (Wildman–Crippen MR) is 238 cm³/mol. The van der Waals surface area contributed by atoms with E-state index in [-0.39, 0.29) is 16.5 Å². The molecule has 0 heterocycles. The van der Waals surface area contributed by atoms with Crippen LogP contribution in [0, 0.1) is 0 Å². The van der Waals surface area contributed by atoms with Gasteiger partial charge in [-0.05, 0) is 116 Å². The average molecular weight is 948 g/mol. The first-order valence-electron chi connectivity index (χ1n) is 24.9. The summed E-state index contributed by atoms with van der Waals surface area (Å²) in [5.41, 5.74) is 0. The van der Waals surface area contributed by atoms with Crippen LogP contribution in [0.2, 0.25) is 0 Å². The van der Waals surface area contributed by atoms with Gasteiger partial charge < -0.3 is 45.5 Å². The molecule has 352 valence electrons. The van der Waals surface area contributed by atoms with Gasteiger partial charge >= 0.3 is 25.8 Å². The van der Waals surface area contributed by atoms with Crippen LogP contribution < -0.4 is 0 Å². The van der Waals surface area contributed by atoms with Gasteiger partial charge in [0.2, 0.25) is 0 Å². The Morgan fingerprint density at radius 1 is 0.217 bits per heavy atom. The van der Waals surface area contributed by atoms with Crippen molar-refractivity contribution in [3.05, 3.63) is 0 Å². The standard InChI is InChI=1S/3C15H27O3P.CH2O.Ni/c3*1-2-8-13(7-1)16-19(17-14-9-3-4-10-14)18-15-11-5-6-12-15;1-2;/h3*13-15H,1-12H2;1H2;. The average Bonchev–Trinajstić information content (AvgIpc) is 4.08. The Morgan fingerprint density at radius 2 is 0.300 bits per heavy atom. The van der Waals surface area contributed by atoms with Crippen molar-refractivity contribution in [2.75, 3.05) is 0 Å². The Bertz CT molecular complexity index is 794. The molecule has 9 aliphatic carbocycles. The molecule has 10 nitrogen and oxygen atoms in total. The minimum Gasteiger partial charge on any atom is -0.309 e. The van der Waals surface area contributed by atoms with Crippen LogP contribution in [0.15, 0.2) is 0 Å². The fourth-order valence-electron chi connectivity index (χ4n) is 10.3. The Labute approximate surface area is 379 Å². The summed E-state index contributed by atoms with van der Waals surface area (Å²) >= 11 is 0. The number of hydrogen-bond acceptors (Lipinski definition) is 10. The van der Waals surface area contributed by atoms with Gasteiger partial charge in [0.05, 0.1) is 54.9 Å². The minimum atomic E-state index is -1.09. The molecule has 60 heavy (non-hydrogen) atoms. The summed E-state index contributed by atoms with van der Waals surface area (Å²) in [4.78, 5) is 8.00. The van der Waals surface area contributed by atoms with E-state index in [2.05, 4.69) is 0 Å². The second kappa shape index (κ2) is 31.1. The third-order valence-electron chi connectivity index (χ3n) is 13.8. The molecule has 0 spiro atoms. The number of rotatable bonds is 18. The van der Waals surface area contributed by atoms with Crippen molar-refractivity contribution < 1.29 is 62.0 Å². The van der Waals surface area contributed by atoms with E-state index in [4.69, 9.17) is 45.5 Å². The van der Waals surface area contributed by atoms with Gasteiger partial charge in [-0.25, -0.2) is 0 Å². The van der Waals surface area contributed by atoms with E-state index >= 15 is 0 Å². The molecule has 0 atom stereocenters. The Morgan fingerprint density at radius 3 is 0.383 bits per heavy atom. The van der Waals surface area contributed by atoms with Crippen molar-refractivity contribution in [3.63, 3.8) is 0 Å². The summed E-state index contributed by atoms with van der Waals surface area (Å²) in [6.07, 6.45) is 48.6. The largest absolute Gasteiger partial charge is 0.333 e. The Balaban J connectivity index is 0.000000166. The van der Waals surface area contributed by atoms with Gasteiger partial charge in [-0.15, -0.1) is 0 Å². The van der Waals surface area contributed by atoms with Crippen LogP contribution in [-0.2, 0) is 62.0 Å². The molecule has 0 aromatic carbocycles. The summed E-state index contributed by atoms with van der Waals surface area (Å²) in [6, 6.07) is 0. The third kappa shape index (κ3) is 19.9. The zero-order chi connectivity index (χ0) is 40.7. The van der Waals surface area contributed by atoms with E-state index in [0.29, 0.717) is 54.9 Å². The van der Waals surface area contributed by atoms with Crippen molar-refractivity contribution in [3.8, 4) is 0 Å². The molecule has 0 radical (unpaired) electrons. The molecule has 9 saturated carbocycles. The maximum atomic E-state index is 8.00. The van der Waals surface area contributed by atoms with Crippen molar-refractivity contribution >= 4 is 32.6 Å². The van der Waals surface area contributed by atoms with Gasteiger partial charge in [-0.1, -0.05) is 116 Å². The van der Waals surface area contributed by atoms with Crippen LogP contribution in [0.5, 0.6) is 0 Å². The quantitative estimate of drug-likeness (QED) is 0.0975. The van der Waals surface area contributed by atoms with Crippen molar-refractivity contribution in [1.29, 1.82) is 0 Å². The Hall–Kier alpha value is 1.09. The number of carbonyl (C=O) groups is 1. The molecule has 0 saturated heterocycles. The summed E-state index contributed by atoms with van der Waals surface area (Å²) in [7, 11) is -3.28. The second-order valence-corrected chi connectivity index (χ2v) is 22.0. The van der Waals surface area contributed by atoms with Crippen molar-refractivity contribution in [2.24, 2.45) is 0 Å². The second-order valence-electron chi connectivity index (χ2n) is 18.8.